The minimum Gasteiger partial charge on any atom is -0.353 e. The van der Waals surface area contributed by atoms with Gasteiger partial charge in [0.05, 0.1) is 0 Å². The van der Waals surface area contributed by atoms with Crippen molar-refractivity contribution in [2.75, 3.05) is 31.1 Å². The molecule has 0 atom stereocenters. The molecule has 0 N–H and O–H groups in total. The van der Waals surface area contributed by atoms with Gasteiger partial charge in [0.2, 0.25) is 0 Å². The second-order valence-corrected chi connectivity index (χ2v) is 6.53. The summed E-state index contributed by atoms with van der Waals surface area (Å²) < 4.78 is 0. The first-order chi connectivity index (χ1) is 11.5. The van der Waals surface area contributed by atoms with Crippen molar-refractivity contribution in [3.63, 3.8) is 0 Å². The van der Waals surface area contributed by atoms with E-state index in [1.165, 1.54) is 0 Å². The molecule has 0 aliphatic carbocycles. The normalized spacial score (nSPS) is 14.8. The number of carbonyl (C=O) groups excluding carboxylic acids is 1. The zero-order chi connectivity index (χ0) is 17.3. The second-order valence-electron chi connectivity index (χ2n) is 6.09. The first-order valence-corrected chi connectivity index (χ1v) is 8.45. The lowest BCUT2D eigenvalue weighted by Gasteiger charge is -2.36. The average molecular weight is 345 g/mol. The monoisotopic (exact) mass is 344 g/mol. The molecule has 1 aromatic heterocycles. The summed E-state index contributed by atoms with van der Waals surface area (Å²) in [5.41, 5.74) is 2.76. The summed E-state index contributed by atoms with van der Waals surface area (Å²) in [6.07, 6.45) is 0. The fourth-order valence-electron chi connectivity index (χ4n) is 2.98. The van der Waals surface area contributed by atoms with Crippen LogP contribution < -0.4 is 4.90 Å². The number of hydrogen-bond donors (Lipinski definition) is 0. The molecule has 5 nitrogen and oxygen atoms in total. The molecule has 0 radical (unpaired) electrons. The molecule has 0 unspecified atom stereocenters. The van der Waals surface area contributed by atoms with Gasteiger partial charge in [0.15, 0.2) is 0 Å². The molecule has 1 aliphatic heterocycles. The maximum absolute atomic E-state index is 12.6. The summed E-state index contributed by atoms with van der Waals surface area (Å²) in [4.78, 5) is 25.7. The molecule has 2 heterocycles. The molecule has 126 valence electrons. The van der Waals surface area contributed by atoms with Gasteiger partial charge in [-0.2, -0.15) is 0 Å². The van der Waals surface area contributed by atoms with Crippen molar-refractivity contribution in [1.29, 1.82) is 0 Å². The number of aryl methyl sites for hydroxylation is 2. The highest BCUT2D eigenvalue weighted by molar-refractivity contribution is 6.30. The third kappa shape index (κ3) is 3.36. The maximum atomic E-state index is 12.6. The number of halogens is 1. The Bertz CT molecular complexity index is 770. The van der Waals surface area contributed by atoms with E-state index in [1.807, 2.05) is 37.8 Å². The van der Waals surface area contributed by atoms with Crippen molar-refractivity contribution in [1.82, 2.24) is 14.9 Å². The van der Waals surface area contributed by atoms with E-state index in [1.54, 1.807) is 12.1 Å². The predicted molar refractivity (Wildman–Crippen MR) is 95.8 cm³/mol. The van der Waals surface area contributed by atoms with Crippen LogP contribution in [0.1, 0.15) is 27.4 Å². The first kappa shape index (κ1) is 16.7. The summed E-state index contributed by atoms with van der Waals surface area (Å²) in [6.45, 7) is 8.85. The summed E-state index contributed by atoms with van der Waals surface area (Å²) in [5, 5.41) is 0.585. The van der Waals surface area contributed by atoms with Crippen molar-refractivity contribution in [3.8, 4) is 0 Å². The van der Waals surface area contributed by atoms with Gasteiger partial charge in [-0.05, 0) is 39.0 Å². The van der Waals surface area contributed by atoms with Crippen molar-refractivity contribution < 1.29 is 4.79 Å². The maximum Gasteiger partial charge on any atom is 0.254 e. The number of amides is 1. The molecule has 0 spiro atoms. The molecule has 1 fully saturated rings. The number of benzene rings is 1. The number of hydrogen-bond acceptors (Lipinski definition) is 4. The molecule has 6 heteroatoms. The van der Waals surface area contributed by atoms with Crippen LogP contribution in [0.15, 0.2) is 24.3 Å². The minimum atomic E-state index is 0.0314. The lowest BCUT2D eigenvalue weighted by molar-refractivity contribution is 0.0746. The molecule has 1 aliphatic rings. The number of aromatic nitrogens is 2. The minimum absolute atomic E-state index is 0.0314. The molecular formula is C18H21ClN4O. The van der Waals surface area contributed by atoms with Gasteiger partial charge < -0.3 is 9.80 Å². The van der Waals surface area contributed by atoms with Crippen molar-refractivity contribution in [3.05, 3.63) is 51.9 Å². The van der Waals surface area contributed by atoms with Gasteiger partial charge in [0.25, 0.3) is 5.91 Å². The molecule has 2 aromatic rings. The van der Waals surface area contributed by atoms with Gasteiger partial charge in [-0.3, -0.25) is 4.79 Å². The average Bonchev–Trinajstić information content (AvgIpc) is 2.57. The van der Waals surface area contributed by atoms with E-state index in [2.05, 4.69) is 14.9 Å². The third-order valence-electron chi connectivity index (χ3n) is 4.41. The zero-order valence-electron chi connectivity index (χ0n) is 14.2. The predicted octanol–water partition coefficient (Wildman–Crippen LogP) is 3.02. The highest BCUT2D eigenvalue weighted by atomic mass is 35.5. The van der Waals surface area contributed by atoms with Crippen LogP contribution in [-0.4, -0.2) is 47.0 Å². The molecule has 1 saturated heterocycles. The van der Waals surface area contributed by atoms with E-state index in [4.69, 9.17) is 11.6 Å². The summed E-state index contributed by atoms with van der Waals surface area (Å²) >= 11 is 5.98. The number of carbonyl (C=O) groups is 1. The smallest absolute Gasteiger partial charge is 0.254 e. The Labute approximate surface area is 147 Å². The SMILES string of the molecule is Cc1nc(C)c(C)c(N2CCN(C(=O)c3cccc(Cl)c3)CC2)n1. The number of piperazine rings is 1. The zero-order valence-corrected chi connectivity index (χ0v) is 15.0. The Morgan fingerprint density at radius 2 is 1.79 bits per heavy atom. The van der Waals surface area contributed by atoms with Crippen LogP contribution in [-0.2, 0) is 0 Å². The topological polar surface area (TPSA) is 49.3 Å². The molecule has 24 heavy (non-hydrogen) atoms. The van der Waals surface area contributed by atoms with Gasteiger partial charge in [-0.1, -0.05) is 17.7 Å². The van der Waals surface area contributed by atoms with Gasteiger partial charge in [0, 0.05) is 48.0 Å². The number of nitrogens with zero attached hydrogens (tertiary/aromatic N) is 4. The largest absolute Gasteiger partial charge is 0.353 e. The third-order valence-corrected chi connectivity index (χ3v) is 4.65. The van der Waals surface area contributed by atoms with Crippen LogP contribution in [0.5, 0.6) is 0 Å². The van der Waals surface area contributed by atoms with Crippen molar-refractivity contribution >= 4 is 23.3 Å². The summed E-state index contributed by atoms with van der Waals surface area (Å²) in [7, 11) is 0. The van der Waals surface area contributed by atoms with E-state index in [9.17, 15) is 4.79 Å². The van der Waals surface area contributed by atoms with E-state index in [-0.39, 0.29) is 5.91 Å². The lowest BCUT2D eigenvalue weighted by atomic mass is 10.1. The van der Waals surface area contributed by atoms with Crippen LogP contribution in [0.25, 0.3) is 0 Å². The molecule has 0 bridgehead atoms. The van der Waals surface area contributed by atoms with Crippen LogP contribution in [0.3, 0.4) is 0 Å². The van der Waals surface area contributed by atoms with Gasteiger partial charge in [-0.15, -0.1) is 0 Å². The quantitative estimate of drug-likeness (QED) is 0.840. The van der Waals surface area contributed by atoms with E-state index in [0.717, 1.165) is 36.0 Å². The Kier molecular flexibility index (Phi) is 4.71. The Morgan fingerprint density at radius 1 is 1.08 bits per heavy atom. The summed E-state index contributed by atoms with van der Waals surface area (Å²) in [5.74, 6) is 1.80. The number of anilines is 1. The van der Waals surface area contributed by atoms with Gasteiger partial charge in [0.1, 0.15) is 11.6 Å². The fraction of sp³-hybridized carbons (Fsp3) is 0.389. The first-order valence-electron chi connectivity index (χ1n) is 8.07. The summed E-state index contributed by atoms with van der Waals surface area (Å²) in [6, 6.07) is 7.11. The van der Waals surface area contributed by atoms with Gasteiger partial charge in [-0.25, -0.2) is 9.97 Å². The highest BCUT2D eigenvalue weighted by Gasteiger charge is 2.24. The Balaban J connectivity index is 1.71. The number of rotatable bonds is 2. The second kappa shape index (κ2) is 6.77. The fourth-order valence-corrected chi connectivity index (χ4v) is 3.17. The molecule has 1 aromatic carbocycles. The lowest BCUT2D eigenvalue weighted by Crippen LogP contribution is -2.49. The van der Waals surface area contributed by atoms with Crippen molar-refractivity contribution in [2.24, 2.45) is 0 Å². The van der Waals surface area contributed by atoms with Gasteiger partial charge >= 0.3 is 0 Å². The molecular weight excluding hydrogens is 324 g/mol. The van der Waals surface area contributed by atoms with Crippen LogP contribution in [0.2, 0.25) is 5.02 Å². The molecule has 1 amide bonds. The molecule has 0 saturated carbocycles. The molecule has 3 rings (SSSR count). The van der Waals surface area contributed by atoms with E-state index < -0.39 is 0 Å². The van der Waals surface area contributed by atoms with Crippen LogP contribution in [0, 0.1) is 20.8 Å². The van der Waals surface area contributed by atoms with Crippen LogP contribution in [0.4, 0.5) is 5.82 Å². The Hall–Kier alpha value is -2.14. The van der Waals surface area contributed by atoms with Crippen molar-refractivity contribution in [2.45, 2.75) is 20.8 Å². The van der Waals surface area contributed by atoms with E-state index in [0.29, 0.717) is 23.7 Å². The van der Waals surface area contributed by atoms with Crippen LogP contribution >= 0.6 is 11.6 Å². The Morgan fingerprint density at radius 3 is 2.46 bits per heavy atom. The van der Waals surface area contributed by atoms with E-state index >= 15 is 0 Å². The highest BCUT2D eigenvalue weighted by Crippen LogP contribution is 2.22. The standard InChI is InChI=1S/C18H21ClN4O/c1-12-13(2)20-14(3)21-17(12)22-7-9-23(10-8-22)18(24)15-5-4-6-16(19)11-15/h4-6,11H,7-10H2,1-3H3.